The van der Waals surface area contributed by atoms with Crippen molar-refractivity contribution in [2.75, 3.05) is 0 Å². The van der Waals surface area contributed by atoms with Gasteiger partial charge in [-0.25, -0.2) is 4.79 Å². The summed E-state index contributed by atoms with van der Waals surface area (Å²) in [6.07, 6.45) is 3.60. The normalized spacial score (nSPS) is 17.8. The van der Waals surface area contributed by atoms with Crippen molar-refractivity contribution in [3.8, 4) is 12.0 Å². The van der Waals surface area contributed by atoms with Gasteiger partial charge in [0.25, 0.3) is 0 Å². The molecule has 3 nitrogen and oxygen atoms in total. The Morgan fingerprint density at radius 1 is 1.00 bits per heavy atom. The summed E-state index contributed by atoms with van der Waals surface area (Å²) >= 11 is 0. The molecule has 0 aromatic heterocycles. The van der Waals surface area contributed by atoms with Crippen molar-refractivity contribution in [2.24, 2.45) is 0 Å². The maximum Gasteiger partial charge on any atom is 0.352 e. The quantitative estimate of drug-likeness (QED) is 0.611. The number of benzene rings is 2. The molecule has 0 bridgehead atoms. The highest BCUT2D eigenvalue weighted by Gasteiger charge is 2.37. The van der Waals surface area contributed by atoms with E-state index in [1.807, 2.05) is 12.1 Å². The number of aliphatic hydroxyl groups excluding tert-OH is 1. The molecule has 1 unspecified atom stereocenters. The minimum absolute atomic E-state index is 0.0633. The largest absolute Gasteiger partial charge is 0.376 e. The molecule has 3 heteroatoms. The van der Waals surface area contributed by atoms with E-state index in [1.54, 1.807) is 24.3 Å². The Morgan fingerprint density at radius 2 is 1.63 bits per heavy atom. The van der Waals surface area contributed by atoms with Gasteiger partial charge in [0, 0.05) is 0 Å². The second-order valence-electron chi connectivity index (χ2n) is 8.48. The van der Waals surface area contributed by atoms with E-state index < -0.39 is 12.1 Å². The Morgan fingerprint density at radius 3 is 2.30 bits per heavy atom. The van der Waals surface area contributed by atoms with Gasteiger partial charge < -0.3 is 9.84 Å². The first-order valence-electron chi connectivity index (χ1n) is 9.30. The van der Waals surface area contributed by atoms with E-state index in [0.717, 1.165) is 18.4 Å². The summed E-state index contributed by atoms with van der Waals surface area (Å²) in [4.78, 5) is 11.9. The number of carbonyl (C=O) groups excluding carboxylic acids is 1. The maximum atomic E-state index is 11.9. The van der Waals surface area contributed by atoms with E-state index in [4.69, 9.17) is 4.74 Å². The predicted octanol–water partition coefficient (Wildman–Crippen LogP) is 4.89. The van der Waals surface area contributed by atoms with E-state index in [9.17, 15) is 9.90 Å². The van der Waals surface area contributed by atoms with Crippen LogP contribution in [-0.2, 0) is 15.6 Å². The minimum Gasteiger partial charge on any atom is -0.376 e. The molecule has 140 valence electrons. The van der Waals surface area contributed by atoms with Crippen molar-refractivity contribution in [1.29, 1.82) is 0 Å². The fourth-order valence-corrected chi connectivity index (χ4v) is 3.62. The highest BCUT2D eigenvalue weighted by atomic mass is 16.5. The van der Waals surface area contributed by atoms with E-state index in [2.05, 4.69) is 51.9 Å². The number of rotatable bonds is 2. The van der Waals surface area contributed by atoms with Gasteiger partial charge in [-0.2, -0.15) is 0 Å². The molecule has 0 saturated heterocycles. The summed E-state index contributed by atoms with van der Waals surface area (Å²) in [5.74, 6) is 2.09. The van der Waals surface area contributed by atoms with Crippen LogP contribution >= 0.6 is 0 Å². The zero-order valence-electron chi connectivity index (χ0n) is 16.4. The predicted molar refractivity (Wildman–Crippen MR) is 106 cm³/mol. The van der Waals surface area contributed by atoms with Gasteiger partial charge in [-0.1, -0.05) is 64.1 Å². The Balaban J connectivity index is 1.79. The second kappa shape index (κ2) is 7.21. The summed E-state index contributed by atoms with van der Waals surface area (Å²) in [5, 5.41) is 10.4. The lowest BCUT2D eigenvalue weighted by Gasteiger charge is -2.42. The lowest BCUT2D eigenvalue weighted by atomic mass is 9.63. The highest BCUT2D eigenvalue weighted by Crippen LogP contribution is 2.46. The molecule has 2 aromatic carbocycles. The smallest absolute Gasteiger partial charge is 0.352 e. The number of carbonyl (C=O) groups is 1. The van der Waals surface area contributed by atoms with Crippen molar-refractivity contribution in [1.82, 2.24) is 0 Å². The minimum atomic E-state index is -1.00. The number of ether oxygens (including phenoxy) is 1. The van der Waals surface area contributed by atoms with Crippen LogP contribution in [0.5, 0.6) is 0 Å². The number of hydrogen-bond acceptors (Lipinski definition) is 3. The molecule has 1 N–H and O–H groups in total. The van der Waals surface area contributed by atoms with Gasteiger partial charge in [0.15, 0.2) is 0 Å². The van der Waals surface area contributed by atoms with Gasteiger partial charge in [0.1, 0.15) is 12.2 Å². The molecule has 0 amide bonds. The van der Waals surface area contributed by atoms with E-state index >= 15 is 0 Å². The number of fused-ring (bicyclic) bond motifs is 1. The molecule has 1 aliphatic carbocycles. The average molecular weight is 362 g/mol. The molecular weight excluding hydrogens is 336 g/mol. The van der Waals surface area contributed by atoms with Crippen molar-refractivity contribution in [3.05, 3.63) is 70.8 Å². The first kappa shape index (κ1) is 19.2. The summed E-state index contributed by atoms with van der Waals surface area (Å²) in [6.45, 7) is 9.01. The van der Waals surface area contributed by atoms with Crippen LogP contribution in [0.3, 0.4) is 0 Å². The molecule has 2 aromatic rings. The van der Waals surface area contributed by atoms with Gasteiger partial charge in [0.05, 0.1) is 5.56 Å². The Bertz CT molecular complexity index is 898. The third kappa shape index (κ3) is 4.07. The van der Waals surface area contributed by atoms with Gasteiger partial charge in [0.2, 0.25) is 0 Å². The summed E-state index contributed by atoms with van der Waals surface area (Å²) in [5.41, 5.74) is 3.94. The fourth-order valence-electron chi connectivity index (χ4n) is 3.62. The third-order valence-corrected chi connectivity index (χ3v) is 5.54. The van der Waals surface area contributed by atoms with Gasteiger partial charge in [-0.3, -0.25) is 0 Å². The summed E-state index contributed by atoms with van der Waals surface area (Å²) < 4.78 is 4.95. The van der Waals surface area contributed by atoms with Crippen molar-refractivity contribution < 1.29 is 14.6 Å². The summed E-state index contributed by atoms with van der Waals surface area (Å²) in [6, 6.07) is 14.7. The Kier molecular flexibility index (Phi) is 5.13. The van der Waals surface area contributed by atoms with Crippen LogP contribution in [-0.4, -0.2) is 11.1 Å². The SMILES string of the molecule is CC1(C)CCC(C)(C)c2cc(C(O)C#COC(=O)c3ccccc3)ccc21. The molecule has 1 atom stereocenters. The van der Waals surface area contributed by atoms with Crippen LogP contribution in [0.25, 0.3) is 0 Å². The zero-order valence-corrected chi connectivity index (χ0v) is 16.4. The van der Waals surface area contributed by atoms with Crippen molar-refractivity contribution in [3.63, 3.8) is 0 Å². The fraction of sp³-hybridized carbons (Fsp3) is 0.375. The number of aliphatic hydroxyl groups is 1. The van der Waals surface area contributed by atoms with E-state index in [0.29, 0.717) is 5.56 Å². The van der Waals surface area contributed by atoms with Crippen LogP contribution < -0.4 is 0 Å². The van der Waals surface area contributed by atoms with Crippen LogP contribution in [0, 0.1) is 12.0 Å². The van der Waals surface area contributed by atoms with Gasteiger partial charge in [-0.05, 0) is 58.4 Å². The molecular formula is C24H26O3. The van der Waals surface area contributed by atoms with Crippen molar-refractivity contribution >= 4 is 5.97 Å². The molecule has 1 aliphatic rings. The first-order valence-corrected chi connectivity index (χ1v) is 9.30. The second-order valence-corrected chi connectivity index (χ2v) is 8.48. The standard InChI is InChI=1S/C24H26O3/c1-23(2)13-14-24(3,4)20-16-18(10-11-19(20)23)21(25)12-15-27-22(26)17-8-6-5-7-9-17/h5-11,16,21,25H,13-14H2,1-4H3. The molecule has 0 heterocycles. The third-order valence-electron chi connectivity index (χ3n) is 5.54. The molecule has 27 heavy (non-hydrogen) atoms. The molecule has 0 saturated carbocycles. The van der Waals surface area contributed by atoms with Crippen LogP contribution in [0.1, 0.15) is 73.7 Å². The van der Waals surface area contributed by atoms with E-state index in [-0.39, 0.29) is 10.8 Å². The molecule has 0 fully saturated rings. The van der Waals surface area contributed by atoms with Gasteiger partial charge in [-0.15, -0.1) is 0 Å². The molecule has 0 radical (unpaired) electrons. The van der Waals surface area contributed by atoms with Crippen LogP contribution in [0.2, 0.25) is 0 Å². The van der Waals surface area contributed by atoms with Crippen molar-refractivity contribution in [2.45, 2.75) is 57.5 Å². The van der Waals surface area contributed by atoms with Crippen LogP contribution in [0.4, 0.5) is 0 Å². The maximum absolute atomic E-state index is 11.9. The molecule has 0 aliphatic heterocycles. The lowest BCUT2D eigenvalue weighted by Crippen LogP contribution is -2.34. The van der Waals surface area contributed by atoms with Gasteiger partial charge >= 0.3 is 5.97 Å². The Labute approximate surface area is 161 Å². The molecule has 3 rings (SSSR count). The average Bonchev–Trinajstić information content (AvgIpc) is 2.66. The topological polar surface area (TPSA) is 46.5 Å². The highest BCUT2D eigenvalue weighted by molar-refractivity contribution is 5.89. The van der Waals surface area contributed by atoms with E-state index in [1.165, 1.54) is 11.1 Å². The summed E-state index contributed by atoms with van der Waals surface area (Å²) in [7, 11) is 0. The Hall–Kier alpha value is -2.57. The number of esters is 1. The van der Waals surface area contributed by atoms with Crippen LogP contribution in [0.15, 0.2) is 48.5 Å². The monoisotopic (exact) mass is 362 g/mol. The first-order chi connectivity index (χ1) is 12.7. The zero-order chi connectivity index (χ0) is 19.7. The lowest BCUT2D eigenvalue weighted by molar-refractivity contribution is 0.0689. The number of hydrogen-bond donors (Lipinski definition) is 1. The molecule has 0 spiro atoms.